The number of ether oxygens (including phenoxy) is 1. The Morgan fingerprint density at radius 3 is 2.70 bits per heavy atom. The van der Waals surface area contributed by atoms with Gasteiger partial charge in [-0.05, 0) is 98.7 Å². The number of nitrogens with zero attached hydrogens (tertiary/aromatic N) is 3. The molecule has 2 aromatic carbocycles. The molecule has 0 saturated heterocycles. The van der Waals surface area contributed by atoms with E-state index in [1.54, 1.807) is 49.8 Å². The van der Waals surface area contributed by atoms with Crippen molar-refractivity contribution in [2.45, 2.75) is 69.8 Å². The first kappa shape index (κ1) is 32.5. The highest BCUT2D eigenvalue weighted by atomic mass is 35.5. The zero-order valence-electron chi connectivity index (χ0n) is 26.2. The van der Waals surface area contributed by atoms with Crippen LogP contribution >= 0.6 is 11.6 Å². The second-order valence-electron chi connectivity index (χ2n) is 12.9. The van der Waals surface area contributed by atoms with Crippen LogP contribution in [0.1, 0.15) is 73.1 Å². The summed E-state index contributed by atoms with van der Waals surface area (Å²) in [6.45, 7) is 5.06. The second-order valence-corrected chi connectivity index (χ2v) is 15.4. The summed E-state index contributed by atoms with van der Waals surface area (Å²) in [5.74, 6) is -0.410. The molecule has 3 heterocycles. The van der Waals surface area contributed by atoms with Crippen molar-refractivity contribution in [2.75, 3.05) is 18.0 Å². The topological polar surface area (TPSA) is 122 Å². The molecule has 244 valence electrons. The predicted octanol–water partition coefficient (Wildman–Crippen LogP) is 5.81. The highest BCUT2D eigenvalue weighted by molar-refractivity contribution is 7.90. The van der Waals surface area contributed by atoms with Crippen LogP contribution in [0.2, 0.25) is 5.02 Å². The van der Waals surface area contributed by atoms with E-state index in [2.05, 4.69) is 19.6 Å². The number of fused-ring (bicyclic) bond motifs is 3. The quantitative estimate of drug-likeness (QED) is 0.313. The Labute approximate surface area is 276 Å². The lowest BCUT2D eigenvalue weighted by atomic mass is 9.63. The average molecular weight is 665 g/mol. The van der Waals surface area contributed by atoms with E-state index in [-0.39, 0.29) is 23.3 Å². The van der Waals surface area contributed by atoms with E-state index in [0.29, 0.717) is 42.6 Å². The van der Waals surface area contributed by atoms with Crippen LogP contribution < -0.4 is 14.4 Å². The van der Waals surface area contributed by atoms with Crippen LogP contribution in [0.25, 0.3) is 0 Å². The summed E-state index contributed by atoms with van der Waals surface area (Å²) in [5, 5.41) is 12.2. The van der Waals surface area contributed by atoms with Gasteiger partial charge in [0.2, 0.25) is 10.0 Å². The number of amides is 1. The Bertz CT molecular complexity index is 1720. The molecule has 11 heteroatoms. The second kappa shape index (κ2) is 13.3. The maximum Gasteiger partial charge on any atom is 0.264 e. The highest BCUT2D eigenvalue weighted by Crippen LogP contribution is 2.48. The van der Waals surface area contributed by atoms with E-state index in [0.717, 1.165) is 48.9 Å². The Morgan fingerprint density at radius 1 is 1.09 bits per heavy atom. The van der Waals surface area contributed by atoms with Gasteiger partial charge in [-0.3, -0.25) is 14.8 Å². The Kier molecular flexibility index (Phi) is 9.41. The molecule has 1 aliphatic carbocycles. The molecule has 2 aliphatic heterocycles. The lowest BCUT2D eigenvalue weighted by Gasteiger charge is -2.47. The van der Waals surface area contributed by atoms with Gasteiger partial charge < -0.3 is 14.7 Å². The van der Waals surface area contributed by atoms with Crippen LogP contribution in [0.3, 0.4) is 0 Å². The van der Waals surface area contributed by atoms with Crippen molar-refractivity contribution < 1.29 is 23.1 Å². The van der Waals surface area contributed by atoms with Gasteiger partial charge in [-0.1, -0.05) is 36.7 Å². The minimum atomic E-state index is -4.00. The largest absolute Gasteiger partial charge is 0.487 e. The van der Waals surface area contributed by atoms with Crippen LogP contribution in [-0.4, -0.2) is 47.7 Å². The number of anilines is 1. The Hall–Kier alpha value is -3.47. The van der Waals surface area contributed by atoms with E-state index in [1.807, 2.05) is 31.2 Å². The van der Waals surface area contributed by atoms with Gasteiger partial charge in [-0.2, -0.15) is 0 Å². The Morgan fingerprint density at radius 2 is 1.93 bits per heavy atom. The number of aromatic nitrogens is 2. The molecule has 5 atom stereocenters. The molecule has 1 fully saturated rings. The Balaban J connectivity index is 1.43. The summed E-state index contributed by atoms with van der Waals surface area (Å²) < 4.78 is 35.5. The zero-order chi connectivity index (χ0) is 32.5. The molecule has 3 aliphatic rings. The fourth-order valence-electron chi connectivity index (χ4n) is 6.88. The molecule has 0 radical (unpaired) electrons. The van der Waals surface area contributed by atoms with E-state index in [1.165, 1.54) is 0 Å². The monoisotopic (exact) mass is 664 g/mol. The summed E-state index contributed by atoms with van der Waals surface area (Å²) >= 11 is 6.34. The van der Waals surface area contributed by atoms with Crippen molar-refractivity contribution >= 4 is 33.2 Å². The smallest absolute Gasteiger partial charge is 0.264 e. The molecule has 0 unspecified atom stereocenters. The van der Waals surface area contributed by atoms with Gasteiger partial charge in [0.25, 0.3) is 5.91 Å². The lowest BCUT2D eigenvalue weighted by molar-refractivity contribution is -0.0530. The van der Waals surface area contributed by atoms with Gasteiger partial charge in [-0.15, -0.1) is 0 Å². The van der Waals surface area contributed by atoms with Gasteiger partial charge in [0.15, 0.2) is 0 Å². The summed E-state index contributed by atoms with van der Waals surface area (Å²) in [5.41, 5.74) is 2.27. The molecule has 3 aromatic rings. The van der Waals surface area contributed by atoms with Crippen molar-refractivity contribution in [1.82, 2.24) is 14.7 Å². The minimum absolute atomic E-state index is 0.118. The van der Waals surface area contributed by atoms with Gasteiger partial charge in [0.05, 0.1) is 22.8 Å². The number of halogens is 1. The average Bonchev–Trinajstić information content (AvgIpc) is 3.05. The number of carbonyl (C=O) groups is 1. The molecule has 1 saturated carbocycles. The maximum absolute atomic E-state index is 13.4. The van der Waals surface area contributed by atoms with Crippen molar-refractivity contribution in [3.05, 3.63) is 94.5 Å². The molecule has 1 aromatic heterocycles. The van der Waals surface area contributed by atoms with E-state index >= 15 is 0 Å². The minimum Gasteiger partial charge on any atom is -0.487 e. The maximum atomic E-state index is 13.4. The van der Waals surface area contributed by atoms with Crippen LogP contribution in [0.15, 0.2) is 67.1 Å². The zero-order valence-corrected chi connectivity index (χ0v) is 27.8. The first-order valence-electron chi connectivity index (χ1n) is 16.1. The third kappa shape index (κ3) is 6.66. The molecular formula is C35H41ClN4O5S. The first-order valence-corrected chi connectivity index (χ1v) is 18.0. The number of hydrogen-bond donors (Lipinski definition) is 2. The normalized spacial score (nSPS) is 29.0. The van der Waals surface area contributed by atoms with Gasteiger partial charge in [0, 0.05) is 42.0 Å². The van der Waals surface area contributed by atoms with Crippen molar-refractivity contribution in [3.63, 3.8) is 0 Å². The van der Waals surface area contributed by atoms with Gasteiger partial charge in [-0.25, -0.2) is 13.1 Å². The summed E-state index contributed by atoms with van der Waals surface area (Å²) in [6, 6.07) is 11.0. The molecule has 2 N–H and O–H groups in total. The number of aryl methyl sites for hydroxylation is 1. The molecule has 2 bridgehead atoms. The third-order valence-electron chi connectivity index (χ3n) is 10.1. The number of carbonyl (C=O) groups excluding carboxylic acids is 1. The lowest BCUT2D eigenvalue weighted by Crippen LogP contribution is -2.49. The van der Waals surface area contributed by atoms with E-state index in [4.69, 9.17) is 16.3 Å². The molecule has 9 nitrogen and oxygen atoms in total. The van der Waals surface area contributed by atoms with Crippen molar-refractivity contribution in [1.29, 1.82) is 0 Å². The van der Waals surface area contributed by atoms with Crippen LogP contribution in [0.4, 0.5) is 5.69 Å². The molecule has 6 rings (SSSR count). The van der Waals surface area contributed by atoms with Gasteiger partial charge in [0.1, 0.15) is 18.0 Å². The molecular weight excluding hydrogens is 624 g/mol. The standard InChI is InChI=1S/C35H41ClN4O5S/c1-23-6-5-14-35(42,33-20-37-15-16-38-33)30-12-9-27(30)21-40-17-4-3-7-25-18-29(36)11-8-28(25)22-45-32-13-10-26(19-31(32)40)34(41)39-46(43,44)24(23)2/h5,8,10-11,13-16,18-20,23-24,27,30,42H,3-4,6-7,9,12,17,21-22H2,1-2H3,(H,39,41)/b14-5+/t23-,24+,27-,30+,35+/m0/s1. The molecule has 0 spiro atoms. The number of hydrogen-bond acceptors (Lipinski definition) is 8. The summed E-state index contributed by atoms with van der Waals surface area (Å²) in [4.78, 5) is 24.4. The van der Waals surface area contributed by atoms with E-state index in [9.17, 15) is 18.3 Å². The predicted molar refractivity (Wildman–Crippen MR) is 178 cm³/mol. The fourth-order valence-corrected chi connectivity index (χ4v) is 8.35. The third-order valence-corrected chi connectivity index (χ3v) is 12.2. The first-order chi connectivity index (χ1) is 22.0. The van der Waals surface area contributed by atoms with Crippen molar-refractivity contribution in [3.8, 4) is 5.75 Å². The van der Waals surface area contributed by atoms with Crippen LogP contribution in [0.5, 0.6) is 5.75 Å². The van der Waals surface area contributed by atoms with Crippen LogP contribution in [0, 0.1) is 17.8 Å². The number of benzene rings is 2. The number of rotatable bonds is 1. The number of allylic oxidation sites excluding steroid dienone is 1. The fraction of sp³-hybridized carbons (Fsp3) is 0.457. The van der Waals surface area contributed by atoms with Crippen molar-refractivity contribution in [2.24, 2.45) is 17.8 Å². The SMILES string of the molecule is C[C@@H]1[C@@H](C)C/C=C/[C@](O)(c2cnccn2)[C@@H]2CC[C@H]2CN2CCCCc3cc(Cl)ccc3COc3ccc(cc32)C(=O)NS1(=O)=O. The molecule has 1 amide bonds. The number of nitrogens with one attached hydrogen (secondary N) is 1. The summed E-state index contributed by atoms with van der Waals surface area (Å²) in [6.07, 6.45) is 13.2. The summed E-state index contributed by atoms with van der Waals surface area (Å²) in [7, 11) is -4.00. The molecule has 46 heavy (non-hydrogen) atoms. The highest BCUT2D eigenvalue weighted by Gasteiger charge is 2.48. The number of sulfonamides is 1. The number of aliphatic hydroxyl groups is 1. The van der Waals surface area contributed by atoms with Gasteiger partial charge >= 0.3 is 0 Å². The van der Waals surface area contributed by atoms with Crippen LogP contribution in [-0.2, 0) is 28.7 Å². The van der Waals surface area contributed by atoms with E-state index < -0.39 is 26.8 Å².